The number of rotatable bonds is 5. The molecule has 0 aliphatic heterocycles. The minimum atomic E-state index is -0.0818. The summed E-state index contributed by atoms with van der Waals surface area (Å²) in [6.07, 6.45) is 6.11. The highest BCUT2D eigenvalue weighted by Crippen LogP contribution is 2.52. The number of hydrogen-bond acceptors (Lipinski definition) is 0. The van der Waals surface area contributed by atoms with E-state index in [1.165, 1.54) is 121 Å². The summed E-state index contributed by atoms with van der Waals surface area (Å²) in [5.41, 5.74) is 15.4. The van der Waals surface area contributed by atoms with Gasteiger partial charge < -0.3 is 0 Å². The van der Waals surface area contributed by atoms with E-state index >= 15 is 0 Å². The van der Waals surface area contributed by atoms with Gasteiger partial charge in [0.05, 0.1) is 0 Å². The number of hydrogen-bond donors (Lipinski definition) is 0. The van der Waals surface area contributed by atoms with Gasteiger partial charge in [0.2, 0.25) is 0 Å². The maximum atomic E-state index is 3.99. The zero-order valence-corrected chi connectivity index (χ0v) is 33.1. The van der Waals surface area contributed by atoms with Crippen molar-refractivity contribution in [2.75, 3.05) is 0 Å². The van der Waals surface area contributed by atoms with Crippen molar-refractivity contribution in [1.82, 2.24) is 0 Å². The van der Waals surface area contributed by atoms with Crippen molar-refractivity contribution in [3.8, 4) is 44.5 Å². The quantitative estimate of drug-likeness (QED) is 0.0937. The van der Waals surface area contributed by atoms with Crippen LogP contribution in [0, 0.1) is 6.92 Å². The zero-order chi connectivity index (χ0) is 39.1. The van der Waals surface area contributed by atoms with Crippen LogP contribution in [0.1, 0.15) is 36.1 Å². The van der Waals surface area contributed by atoms with Crippen LogP contribution < -0.4 is 0 Å². The third kappa shape index (κ3) is 5.01. The van der Waals surface area contributed by atoms with Crippen molar-refractivity contribution in [2.45, 2.75) is 26.2 Å². The molecule has 10 aromatic rings. The Morgan fingerprint density at radius 1 is 0.414 bits per heavy atom. The monoisotopic (exact) mass is 738 g/mol. The molecule has 58 heavy (non-hydrogen) atoms. The third-order valence-corrected chi connectivity index (χ3v) is 13.0. The molecule has 0 aromatic heterocycles. The molecule has 11 rings (SSSR count). The predicted molar refractivity (Wildman–Crippen MR) is 252 cm³/mol. The Morgan fingerprint density at radius 2 is 0.948 bits per heavy atom. The van der Waals surface area contributed by atoms with Crippen LogP contribution in [-0.4, -0.2) is 0 Å². The first-order valence-electron chi connectivity index (χ1n) is 20.4. The maximum absolute atomic E-state index is 3.99. The molecule has 0 amide bonds. The van der Waals surface area contributed by atoms with E-state index in [0.717, 1.165) is 0 Å². The minimum absolute atomic E-state index is 0.0818. The van der Waals surface area contributed by atoms with Crippen LogP contribution in [0.3, 0.4) is 0 Å². The van der Waals surface area contributed by atoms with Gasteiger partial charge in [0.1, 0.15) is 0 Å². The summed E-state index contributed by atoms with van der Waals surface area (Å²) in [6.45, 7) is 11.0. The summed E-state index contributed by atoms with van der Waals surface area (Å²) in [7, 11) is 0. The second-order valence-corrected chi connectivity index (χ2v) is 16.5. The van der Waals surface area contributed by atoms with E-state index < -0.39 is 0 Å². The van der Waals surface area contributed by atoms with Crippen LogP contribution in [-0.2, 0) is 5.41 Å². The molecule has 0 saturated heterocycles. The van der Waals surface area contributed by atoms with Crippen LogP contribution >= 0.6 is 0 Å². The largest absolute Gasteiger partial charge is 0.0991 e. The standard InChI is InChI=1S/C58H42/c1-5-6-17-37-32-51(43-21-10-9-19-41(43)36(37)2)56-48-25-13-14-26-49(48)57(52-34-40-18-7-8-20-42(40)44-22-11-12-23-45(44)52)53-33-38(29-31-50(53)56)39-28-30-47-46-24-15-16-27-54(46)58(3,4)55(47)35-39/h5-35H,1H2,2-4H3/b17-6-. The molecule has 0 spiro atoms. The number of allylic oxidation sites excluding steroid dienone is 2. The van der Waals surface area contributed by atoms with Gasteiger partial charge in [-0.15, -0.1) is 0 Å². The first-order chi connectivity index (χ1) is 28.4. The fourth-order valence-electron chi connectivity index (χ4n) is 10.2. The summed E-state index contributed by atoms with van der Waals surface area (Å²) in [5.74, 6) is 0. The van der Waals surface area contributed by atoms with Crippen molar-refractivity contribution >= 4 is 59.9 Å². The molecule has 1 aliphatic carbocycles. The third-order valence-electron chi connectivity index (χ3n) is 13.0. The van der Waals surface area contributed by atoms with E-state index in [1.54, 1.807) is 0 Å². The summed E-state index contributed by atoms with van der Waals surface area (Å²) in [6, 6.07) is 63.9. The summed E-state index contributed by atoms with van der Waals surface area (Å²) >= 11 is 0. The molecular weight excluding hydrogens is 697 g/mol. The molecule has 0 N–H and O–H groups in total. The second-order valence-electron chi connectivity index (χ2n) is 16.5. The van der Waals surface area contributed by atoms with Gasteiger partial charge in [-0.25, -0.2) is 0 Å². The number of benzene rings is 10. The molecule has 1 aliphatic rings. The van der Waals surface area contributed by atoms with E-state index in [9.17, 15) is 0 Å². The Hall–Kier alpha value is -7.02. The average molecular weight is 739 g/mol. The van der Waals surface area contributed by atoms with Crippen molar-refractivity contribution in [3.63, 3.8) is 0 Å². The molecule has 10 aromatic carbocycles. The topological polar surface area (TPSA) is 0 Å². The lowest BCUT2D eigenvalue weighted by atomic mass is 9.80. The first kappa shape index (κ1) is 34.2. The Morgan fingerprint density at radius 3 is 1.71 bits per heavy atom. The molecule has 0 atom stereocenters. The second kappa shape index (κ2) is 13.0. The van der Waals surface area contributed by atoms with Crippen molar-refractivity contribution in [1.29, 1.82) is 0 Å². The summed E-state index contributed by atoms with van der Waals surface area (Å²) < 4.78 is 0. The maximum Gasteiger partial charge on any atom is 0.0159 e. The highest BCUT2D eigenvalue weighted by molar-refractivity contribution is 6.27. The van der Waals surface area contributed by atoms with Gasteiger partial charge in [0, 0.05) is 5.41 Å². The lowest BCUT2D eigenvalue weighted by Gasteiger charge is -2.23. The van der Waals surface area contributed by atoms with Gasteiger partial charge in [-0.2, -0.15) is 0 Å². The van der Waals surface area contributed by atoms with Crippen LogP contribution in [0.2, 0.25) is 0 Å². The molecule has 274 valence electrons. The van der Waals surface area contributed by atoms with Crippen molar-refractivity contribution in [2.24, 2.45) is 0 Å². The van der Waals surface area contributed by atoms with Crippen LogP contribution in [0.15, 0.2) is 189 Å². The molecule has 0 fully saturated rings. The van der Waals surface area contributed by atoms with E-state index in [2.05, 4.69) is 203 Å². The number of fused-ring (bicyclic) bond motifs is 9. The van der Waals surface area contributed by atoms with Gasteiger partial charge in [-0.05, 0) is 152 Å². The summed E-state index contributed by atoms with van der Waals surface area (Å²) in [4.78, 5) is 0. The summed E-state index contributed by atoms with van der Waals surface area (Å²) in [5, 5.41) is 12.6. The molecule has 0 radical (unpaired) electrons. The van der Waals surface area contributed by atoms with Gasteiger partial charge >= 0.3 is 0 Å². The minimum Gasteiger partial charge on any atom is -0.0991 e. The highest BCUT2D eigenvalue weighted by atomic mass is 14.4. The van der Waals surface area contributed by atoms with Gasteiger partial charge in [-0.3, -0.25) is 0 Å². The lowest BCUT2D eigenvalue weighted by molar-refractivity contribution is 0.660. The fourth-order valence-corrected chi connectivity index (χ4v) is 10.2. The number of aryl methyl sites for hydroxylation is 1. The van der Waals surface area contributed by atoms with E-state index in [0.29, 0.717) is 0 Å². The molecule has 0 heteroatoms. The highest BCUT2D eigenvalue weighted by Gasteiger charge is 2.35. The fraction of sp³-hybridized carbons (Fsp3) is 0.0690. The lowest BCUT2D eigenvalue weighted by Crippen LogP contribution is -2.14. The van der Waals surface area contributed by atoms with Gasteiger partial charge in [0.15, 0.2) is 0 Å². The van der Waals surface area contributed by atoms with Crippen molar-refractivity contribution in [3.05, 3.63) is 211 Å². The zero-order valence-electron chi connectivity index (χ0n) is 33.1. The van der Waals surface area contributed by atoms with Crippen LogP contribution in [0.4, 0.5) is 0 Å². The average Bonchev–Trinajstić information content (AvgIpc) is 3.50. The van der Waals surface area contributed by atoms with E-state index in [-0.39, 0.29) is 5.41 Å². The Balaban J connectivity index is 1.28. The Bertz CT molecular complexity index is 3390. The van der Waals surface area contributed by atoms with Crippen molar-refractivity contribution < 1.29 is 0 Å². The molecule has 0 bridgehead atoms. The van der Waals surface area contributed by atoms with Gasteiger partial charge in [-0.1, -0.05) is 184 Å². The molecule has 0 unspecified atom stereocenters. The van der Waals surface area contributed by atoms with Crippen LogP contribution in [0.5, 0.6) is 0 Å². The van der Waals surface area contributed by atoms with Gasteiger partial charge in [0.25, 0.3) is 0 Å². The molecular formula is C58H42. The normalized spacial score (nSPS) is 13.2. The molecule has 0 nitrogen and oxygen atoms in total. The Kier molecular flexibility index (Phi) is 7.69. The SMILES string of the molecule is C=C/C=C\c1cc(-c2c3ccccc3c(-c3cc4ccccc4c4ccccc34)c3cc(-c4ccc5c(c4)C(C)(C)c4ccccc4-5)ccc23)c2ccccc2c1C. The first-order valence-corrected chi connectivity index (χ1v) is 20.4. The van der Waals surface area contributed by atoms with E-state index in [4.69, 9.17) is 0 Å². The van der Waals surface area contributed by atoms with E-state index in [1.807, 2.05) is 12.2 Å². The molecule has 0 heterocycles. The molecule has 0 saturated carbocycles. The Labute approximate surface area is 340 Å². The van der Waals surface area contributed by atoms with Crippen LogP contribution in [0.25, 0.3) is 104 Å². The smallest absolute Gasteiger partial charge is 0.0159 e. The predicted octanol–water partition coefficient (Wildman–Crippen LogP) is 16.3.